The van der Waals surface area contributed by atoms with Crippen LogP contribution >= 0.6 is 0 Å². The standard InChI is InChI=1S/C24H32O13/c1-13(25)31-12-20-21(34-14(2)26)22(35-15(3)27)23(36-16(4)28)24(37-20)33-11-17(29)10-32-19-9-7-6-8-18(19)30-5/h6-9,17,20-24,29H,10-12H2,1-5H3/t17-,20+,21+,22-,23+,24+/m0/s1. The lowest BCUT2D eigenvalue weighted by atomic mass is 9.98. The van der Waals surface area contributed by atoms with E-state index in [4.69, 9.17) is 37.9 Å². The summed E-state index contributed by atoms with van der Waals surface area (Å²) < 4.78 is 43.2. The van der Waals surface area contributed by atoms with Gasteiger partial charge in [-0.15, -0.1) is 0 Å². The summed E-state index contributed by atoms with van der Waals surface area (Å²) in [5, 5.41) is 10.4. The van der Waals surface area contributed by atoms with Crippen LogP contribution in [0, 0.1) is 0 Å². The van der Waals surface area contributed by atoms with E-state index < -0.39 is 67.3 Å². The van der Waals surface area contributed by atoms with Crippen molar-refractivity contribution in [1.82, 2.24) is 0 Å². The lowest BCUT2D eigenvalue weighted by Crippen LogP contribution is -2.63. The molecule has 1 aliphatic heterocycles. The molecular weight excluding hydrogens is 496 g/mol. The third-order valence-corrected chi connectivity index (χ3v) is 4.90. The molecular formula is C24H32O13. The summed E-state index contributed by atoms with van der Waals surface area (Å²) in [6.07, 6.45) is -7.79. The van der Waals surface area contributed by atoms with Crippen LogP contribution in [-0.2, 0) is 47.6 Å². The van der Waals surface area contributed by atoms with Crippen molar-refractivity contribution in [2.75, 3.05) is 26.9 Å². The van der Waals surface area contributed by atoms with Crippen LogP contribution in [0.5, 0.6) is 11.5 Å². The Hall–Kier alpha value is -3.42. The van der Waals surface area contributed by atoms with Gasteiger partial charge < -0.3 is 43.0 Å². The Morgan fingerprint density at radius 1 is 0.838 bits per heavy atom. The third kappa shape index (κ3) is 9.52. The molecule has 37 heavy (non-hydrogen) atoms. The topological polar surface area (TPSA) is 162 Å². The van der Waals surface area contributed by atoms with Crippen LogP contribution in [0.15, 0.2) is 24.3 Å². The van der Waals surface area contributed by atoms with Gasteiger partial charge in [0.25, 0.3) is 0 Å². The minimum atomic E-state index is -1.40. The van der Waals surface area contributed by atoms with Crippen LogP contribution < -0.4 is 9.47 Å². The average molecular weight is 529 g/mol. The van der Waals surface area contributed by atoms with E-state index in [1.54, 1.807) is 24.3 Å². The molecule has 0 saturated carbocycles. The van der Waals surface area contributed by atoms with Crippen LogP contribution in [0.1, 0.15) is 27.7 Å². The normalized spacial score (nSPS) is 23.8. The van der Waals surface area contributed by atoms with Crippen LogP contribution in [-0.4, -0.2) is 92.7 Å². The Kier molecular flexibility index (Phi) is 11.6. The summed E-state index contributed by atoms with van der Waals surface area (Å²) in [6, 6.07) is 6.84. The van der Waals surface area contributed by atoms with E-state index in [0.29, 0.717) is 11.5 Å². The maximum Gasteiger partial charge on any atom is 0.303 e. The van der Waals surface area contributed by atoms with Crippen molar-refractivity contribution in [3.63, 3.8) is 0 Å². The molecule has 1 aliphatic rings. The third-order valence-electron chi connectivity index (χ3n) is 4.90. The average Bonchev–Trinajstić information content (AvgIpc) is 2.82. The van der Waals surface area contributed by atoms with Gasteiger partial charge in [-0.1, -0.05) is 12.1 Å². The summed E-state index contributed by atoms with van der Waals surface area (Å²) in [6.45, 7) is 3.58. The number of carbonyl (C=O) groups is 4. The SMILES string of the molecule is COc1ccccc1OC[C@H](O)CO[C@@H]1O[C@H](COC(C)=O)[C@@H](OC(C)=O)[C@H](OC(C)=O)[C@H]1OC(C)=O. The molecule has 0 aromatic heterocycles. The van der Waals surface area contributed by atoms with Gasteiger partial charge >= 0.3 is 23.9 Å². The highest BCUT2D eigenvalue weighted by atomic mass is 16.7. The van der Waals surface area contributed by atoms with Crippen molar-refractivity contribution in [2.45, 2.75) is 64.5 Å². The largest absolute Gasteiger partial charge is 0.493 e. The summed E-state index contributed by atoms with van der Waals surface area (Å²) >= 11 is 0. The molecule has 6 atom stereocenters. The summed E-state index contributed by atoms with van der Waals surface area (Å²) in [5.41, 5.74) is 0. The minimum Gasteiger partial charge on any atom is -0.493 e. The first kappa shape index (κ1) is 29.8. The number of esters is 4. The van der Waals surface area contributed by atoms with Crippen LogP contribution in [0.2, 0.25) is 0 Å². The number of methoxy groups -OCH3 is 1. The number of benzene rings is 1. The van der Waals surface area contributed by atoms with Crippen molar-refractivity contribution in [3.05, 3.63) is 24.3 Å². The molecule has 0 amide bonds. The number of para-hydroxylation sites is 2. The van der Waals surface area contributed by atoms with Crippen molar-refractivity contribution in [1.29, 1.82) is 0 Å². The second kappa shape index (κ2) is 14.4. The minimum absolute atomic E-state index is 0.189. The van der Waals surface area contributed by atoms with Gasteiger partial charge in [-0.05, 0) is 12.1 Å². The van der Waals surface area contributed by atoms with Gasteiger partial charge in [0.2, 0.25) is 0 Å². The van der Waals surface area contributed by atoms with Crippen LogP contribution in [0.3, 0.4) is 0 Å². The van der Waals surface area contributed by atoms with E-state index in [0.717, 1.165) is 20.8 Å². The second-order valence-corrected chi connectivity index (χ2v) is 8.02. The zero-order valence-electron chi connectivity index (χ0n) is 21.2. The molecule has 0 bridgehead atoms. The summed E-state index contributed by atoms with van der Waals surface area (Å²) in [5.74, 6) is -2.05. The molecule has 0 aliphatic carbocycles. The predicted octanol–water partition coefficient (Wildman–Crippen LogP) is 0.535. The maximum absolute atomic E-state index is 11.9. The van der Waals surface area contributed by atoms with Crippen molar-refractivity contribution in [2.24, 2.45) is 0 Å². The zero-order valence-corrected chi connectivity index (χ0v) is 21.2. The molecule has 206 valence electrons. The molecule has 13 heteroatoms. The fourth-order valence-corrected chi connectivity index (χ4v) is 3.50. The molecule has 1 heterocycles. The smallest absolute Gasteiger partial charge is 0.303 e. The first-order valence-electron chi connectivity index (χ1n) is 11.4. The monoisotopic (exact) mass is 528 g/mol. The first-order chi connectivity index (χ1) is 17.5. The number of ether oxygens (including phenoxy) is 8. The van der Waals surface area contributed by atoms with Gasteiger partial charge in [-0.3, -0.25) is 19.2 Å². The number of aliphatic hydroxyl groups excluding tert-OH is 1. The van der Waals surface area contributed by atoms with Crippen molar-refractivity contribution < 1.29 is 62.2 Å². The Morgan fingerprint density at radius 3 is 1.97 bits per heavy atom. The van der Waals surface area contributed by atoms with Crippen molar-refractivity contribution in [3.8, 4) is 11.5 Å². The Morgan fingerprint density at radius 2 is 1.41 bits per heavy atom. The van der Waals surface area contributed by atoms with E-state index in [2.05, 4.69) is 0 Å². The van der Waals surface area contributed by atoms with Gasteiger partial charge in [0.05, 0.1) is 13.7 Å². The fraction of sp³-hybridized carbons (Fsp3) is 0.583. The number of carbonyl (C=O) groups excluding carboxylic acids is 4. The molecule has 2 rings (SSSR count). The van der Waals surface area contributed by atoms with Gasteiger partial charge in [0.15, 0.2) is 36.1 Å². The lowest BCUT2D eigenvalue weighted by molar-refractivity contribution is -0.311. The Labute approximate surface area is 213 Å². The van der Waals surface area contributed by atoms with Crippen LogP contribution in [0.4, 0.5) is 0 Å². The molecule has 0 radical (unpaired) electrons. The predicted molar refractivity (Wildman–Crippen MR) is 122 cm³/mol. The number of rotatable bonds is 12. The van der Waals surface area contributed by atoms with Crippen molar-refractivity contribution >= 4 is 23.9 Å². The lowest BCUT2D eigenvalue weighted by Gasteiger charge is -2.44. The molecule has 0 unspecified atom stereocenters. The van der Waals surface area contributed by atoms with Gasteiger partial charge in [0, 0.05) is 27.7 Å². The highest BCUT2D eigenvalue weighted by molar-refractivity contribution is 5.68. The quantitative estimate of drug-likeness (QED) is 0.296. The summed E-state index contributed by atoms with van der Waals surface area (Å²) in [7, 11) is 1.48. The van der Waals surface area contributed by atoms with E-state index in [-0.39, 0.29) is 13.2 Å². The van der Waals surface area contributed by atoms with Gasteiger partial charge in [-0.25, -0.2) is 0 Å². The molecule has 1 N–H and O–H groups in total. The molecule has 13 nitrogen and oxygen atoms in total. The highest BCUT2D eigenvalue weighted by Crippen LogP contribution is 2.30. The van der Waals surface area contributed by atoms with Gasteiger partial charge in [-0.2, -0.15) is 0 Å². The van der Waals surface area contributed by atoms with E-state index in [9.17, 15) is 24.3 Å². The van der Waals surface area contributed by atoms with Crippen LogP contribution in [0.25, 0.3) is 0 Å². The highest BCUT2D eigenvalue weighted by Gasteiger charge is 2.52. The Balaban J connectivity index is 2.21. The van der Waals surface area contributed by atoms with E-state index in [1.807, 2.05) is 0 Å². The molecule has 1 aromatic carbocycles. The molecule has 1 aromatic rings. The molecule has 0 spiro atoms. The zero-order chi connectivity index (χ0) is 27.5. The molecule has 1 saturated heterocycles. The second-order valence-electron chi connectivity index (χ2n) is 8.02. The van der Waals surface area contributed by atoms with E-state index in [1.165, 1.54) is 14.0 Å². The van der Waals surface area contributed by atoms with E-state index >= 15 is 0 Å². The Bertz CT molecular complexity index is 933. The fourth-order valence-electron chi connectivity index (χ4n) is 3.50. The maximum atomic E-state index is 11.9. The summed E-state index contributed by atoms with van der Waals surface area (Å²) in [4.78, 5) is 46.8. The number of hydrogen-bond donors (Lipinski definition) is 1. The first-order valence-corrected chi connectivity index (χ1v) is 11.4. The number of hydrogen-bond acceptors (Lipinski definition) is 13. The molecule has 1 fully saturated rings. The number of aliphatic hydroxyl groups is 1. The van der Waals surface area contributed by atoms with Gasteiger partial charge in [0.1, 0.15) is 25.4 Å².